The second-order valence-electron chi connectivity index (χ2n) is 6.16. The Morgan fingerprint density at radius 1 is 1.00 bits per heavy atom. The molecule has 0 heterocycles. The van der Waals surface area contributed by atoms with E-state index in [0.29, 0.717) is 18.5 Å². The summed E-state index contributed by atoms with van der Waals surface area (Å²) in [5, 5.41) is 5.49. The number of hydrogen-bond donors (Lipinski definition) is 2. The highest BCUT2D eigenvalue weighted by molar-refractivity contribution is 5.79. The fraction of sp³-hybridized carbons (Fsp3) is 0.300. The van der Waals surface area contributed by atoms with Crippen molar-refractivity contribution in [3.05, 3.63) is 71.3 Å². The summed E-state index contributed by atoms with van der Waals surface area (Å²) in [6, 6.07) is 13.6. The van der Waals surface area contributed by atoms with Crippen molar-refractivity contribution in [1.29, 1.82) is 0 Å². The number of carbonyl (C=O) groups excluding carboxylic acids is 2. The molecule has 0 radical (unpaired) electrons. The smallest absolute Gasteiger partial charge is 0.356 e. The molecule has 0 aliphatic heterocycles. The van der Waals surface area contributed by atoms with Crippen LogP contribution in [-0.4, -0.2) is 18.4 Å². The largest absolute Gasteiger partial charge is 0.416 e. The highest BCUT2D eigenvalue weighted by atomic mass is 19.4. The van der Waals surface area contributed by atoms with Crippen LogP contribution in [0.2, 0.25) is 0 Å². The maximum absolute atomic E-state index is 12.5. The van der Waals surface area contributed by atoms with Gasteiger partial charge in [0.05, 0.1) is 18.0 Å². The third-order valence-electron chi connectivity index (χ3n) is 3.99. The number of rotatable bonds is 7. The van der Waals surface area contributed by atoms with E-state index < -0.39 is 17.8 Å². The van der Waals surface area contributed by atoms with Crippen molar-refractivity contribution in [3.8, 4) is 0 Å². The van der Waals surface area contributed by atoms with Crippen LogP contribution >= 0.6 is 0 Å². The van der Waals surface area contributed by atoms with Crippen LogP contribution in [0.25, 0.3) is 0 Å². The molecule has 0 unspecified atom stereocenters. The third kappa shape index (κ3) is 6.77. The molecule has 144 valence electrons. The summed E-state index contributed by atoms with van der Waals surface area (Å²) in [6.45, 7) is 1.68. The zero-order valence-electron chi connectivity index (χ0n) is 14.8. The number of benzene rings is 2. The molecule has 0 saturated heterocycles. The summed E-state index contributed by atoms with van der Waals surface area (Å²) in [5.41, 5.74) is 0.826. The maximum Gasteiger partial charge on any atom is 0.416 e. The number of carbonyl (C=O) groups is 2. The molecule has 0 saturated carbocycles. The average Bonchev–Trinajstić information content (AvgIpc) is 2.61. The molecule has 2 aromatic rings. The number of alkyl halides is 3. The molecular formula is C20H21F3N2O2. The first-order chi connectivity index (χ1) is 12.8. The van der Waals surface area contributed by atoms with E-state index >= 15 is 0 Å². The van der Waals surface area contributed by atoms with Gasteiger partial charge in [0.1, 0.15) is 0 Å². The minimum Gasteiger partial charge on any atom is -0.356 e. The van der Waals surface area contributed by atoms with Crippen LogP contribution in [0.15, 0.2) is 54.6 Å². The second kappa shape index (κ2) is 9.21. The Morgan fingerprint density at radius 3 is 2.19 bits per heavy atom. The van der Waals surface area contributed by atoms with Gasteiger partial charge in [-0.05, 0) is 29.7 Å². The van der Waals surface area contributed by atoms with E-state index in [1.54, 1.807) is 0 Å². The van der Waals surface area contributed by atoms with Crippen LogP contribution in [0.3, 0.4) is 0 Å². The molecule has 0 aliphatic rings. The SMILES string of the molecule is CC(=O)N[C@@H](CC(=O)NCCc1ccc(C(F)(F)F)cc1)c1ccccc1. The topological polar surface area (TPSA) is 58.2 Å². The van der Waals surface area contributed by atoms with E-state index in [9.17, 15) is 22.8 Å². The van der Waals surface area contributed by atoms with Gasteiger partial charge < -0.3 is 10.6 Å². The molecule has 27 heavy (non-hydrogen) atoms. The molecule has 2 N–H and O–H groups in total. The molecule has 1 atom stereocenters. The second-order valence-corrected chi connectivity index (χ2v) is 6.16. The summed E-state index contributed by atoms with van der Waals surface area (Å²) >= 11 is 0. The molecule has 0 aliphatic carbocycles. The summed E-state index contributed by atoms with van der Waals surface area (Å²) in [5.74, 6) is -0.481. The summed E-state index contributed by atoms with van der Waals surface area (Å²) in [7, 11) is 0. The van der Waals surface area contributed by atoms with Crippen LogP contribution in [0.1, 0.15) is 36.1 Å². The highest BCUT2D eigenvalue weighted by Crippen LogP contribution is 2.29. The average molecular weight is 378 g/mol. The van der Waals surface area contributed by atoms with Gasteiger partial charge in [-0.2, -0.15) is 13.2 Å². The maximum atomic E-state index is 12.5. The lowest BCUT2D eigenvalue weighted by Gasteiger charge is -2.18. The number of hydrogen-bond acceptors (Lipinski definition) is 2. The molecule has 0 aromatic heterocycles. The highest BCUT2D eigenvalue weighted by Gasteiger charge is 2.29. The van der Waals surface area contributed by atoms with Crippen molar-refractivity contribution in [3.63, 3.8) is 0 Å². The van der Waals surface area contributed by atoms with Gasteiger partial charge in [0, 0.05) is 13.5 Å². The fourth-order valence-corrected chi connectivity index (χ4v) is 2.65. The summed E-state index contributed by atoms with van der Waals surface area (Å²) in [6.07, 6.45) is -3.86. The van der Waals surface area contributed by atoms with Gasteiger partial charge in [-0.25, -0.2) is 0 Å². The molecule has 4 nitrogen and oxygen atoms in total. The molecule has 2 rings (SSSR count). The van der Waals surface area contributed by atoms with E-state index in [0.717, 1.165) is 17.7 Å². The zero-order valence-corrected chi connectivity index (χ0v) is 14.8. The van der Waals surface area contributed by atoms with Crippen molar-refractivity contribution in [1.82, 2.24) is 10.6 Å². The molecule has 2 amide bonds. The van der Waals surface area contributed by atoms with Crippen molar-refractivity contribution >= 4 is 11.8 Å². The zero-order chi connectivity index (χ0) is 19.9. The number of nitrogens with one attached hydrogen (secondary N) is 2. The van der Waals surface area contributed by atoms with E-state index in [2.05, 4.69) is 10.6 Å². The van der Waals surface area contributed by atoms with Gasteiger partial charge in [0.15, 0.2) is 0 Å². The molecule has 0 bridgehead atoms. The van der Waals surface area contributed by atoms with Crippen molar-refractivity contribution < 1.29 is 22.8 Å². The Morgan fingerprint density at radius 2 is 1.63 bits per heavy atom. The van der Waals surface area contributed by atoms with Crippen molar-refractivity contribution in [2.24, 2.45) is 0 Å². The first-order valence-corrected chi connectivity index (χ1v) is 8.50. The first-order valence-electron chi connectivity index (χ1n) is 8.50. The van der Waals surface area contributed by atoms with Gasteiger partial charge in [0.25, 0.3) is 0 Å². The standard InChI is InChI=1S/C20H21F3N2O2/c1-14(26)25-18(16-5-3-2-4-6-16)13-19(27)24-12-11-15-7-9-17(10-8-15)20(21,22)23/h2-10,18H,11-13H2,1H3,(H,24,27)(H,25,26)/t18-/m0/s1. The Balaban J connectivity index is 1.86. The van der Waals surface area contributed by atoms with Crippen molar-refractivity contribution in [2.45, 2.75) is 32.0 Å². The van der Waals surface area contributed by atoms with Crippen LogP contribution < -0.4 is 10.6 Å². The summed E-state index contributed by atoms with van der Waals surface area (Å²) in [4.78, 5) is 23.6. The predicted molar refractivity (Wildman–Crippen MR) is 95.8 cm³/mol. The normalized spacial score (nSPS) is 12.3. The number of halogens is 3. The molecule has 0 fully saturated rings. The lowest BCUT2D eigenvalue weighted by molar-refractivity contribution is -0.137. The van der Waals surface area contributed by atoms with Gasteiger partial charge in [0.2, 0.25) is 11.8 Å². The van der Waals surface area contributed by atoms with E-state index in [4.69, 9.17) is 0 Å². The third-order valence-corrected chi connectivity index (χ3v) is 3.99. The van der Waals surface area contributed by atoms with Gasteiger partial charge in [-0.3, -0.25) is 9.59 Å². The number of amides is 2. The quantitative estimate of drug-likeness (QED) is 0.773. The Hall–Kier alpha value is -2.83. The van der Waals surface area contributed by atoms with E-state index in [-0.39, 0.29) is 18.2 Å². The van der Waals surface area contributed by atoms with Gasteiger partial charge >= 0.3 is 6.18 Å². The monoisotopic (exact) mass is 378 g/mol. The molecule has 2 aromatic carbocycles. The van der Waals surface area contributed by atoms with Gasteiger partial charge in [-0.15, -0.1) is 0 Å². The van der Waals surface area contributed by atoms with Crippen LogP contribution in [0.4, 0.5) is 13.2 Å². The fourth-order valence-electron chi connectivity index (χ4n) is 2.65. The van der Waals surface area contributed by atoms with E-state index in [1.807, 2.05) is 30.3 Å². The van der Waals surface area contributed by atoms with Crippen molar-refractivity contribution in [2.75, 3.05) is 6.54 Å². The minimum absolute atomic E-state index is 0.0800. The van der Waals surface area contributed by atoms with Crippen LogP contribution in [0.5, 0.6) is 0 Å². The molecule has 0 spiro atoms. The van der Waals surface area contributed by atoms with Crippen LogP contribution in [-0.2, 0) is 22.2 Å². The lowest BCUT2D eigenvalue weighted by Crippen LogP contribution is -2.33. The van der Waals surface area contributed by atoms with E-state index in [1.165, 1.54) is 19.1 Å². The Kier molecular flexibility index (Phi) is 6.98. The lowest BCUT2D eigenvalue weighted by atomic mass is 10.0. The molecular weight excluding hydrogens is 357 g/mol. The molecule has 7 heteroatoms. The van der Waals surface area contributed by atoms with Gasteiger partial charge in [-0.1, -0.05) is 42.5 Å². The Labute approximate surface area is 155 Å². The summed E-state index contributed by atoms with van der Waals surface area (Å²) < 4.78 is 37.6. The van der Waals surface area contributed by atoms with Crippen LogP contribution in [0, 0.1) is 0 Å². The predicted octanol–water partition coefficient (Wildman–Crippen LogP) is 3.63. The first kappa shape index (κ1) is 20.5. The Bertz CT molecular complexity index is 759. The minimum atomic E-state index is -4.36.